The van der Waals surface area contributed by atoms with E-state index in [2.05, 4.69) is 21.1 Å². The van der Waals surface area contributed by atoms with E-state index in [4.69, 9.17) is 15.7 Å². The quantitative estimate of drug-likeness (QED) is 0.771. The van der Waals surface area contributed by atoms with Crippen molar-refractivity contribution in [2.24, 2.45) is 12.8 Å². The molecule has 0 unspecified atom stereocenters. The van der Waals surface area contributed by atoms with Crippen LogP contribution in [-0.4, -0.2) is 26.3 Å². The molecule has 24 heavy (non-hydrogen) atoms. The lowest BCUT2D eigenvalue weighted by molar-refractivity contribution is 0.432. The fourth-order valence-electron chi connectivity index (χ4n) is 2.23. The molecule has 0 amide bonds. The molecule has 0 aliphatic heterocycles. The monoisotopic (exact) mass is 320 g/mol. The maximum atomic E-state index is 9.13. The van der Waals surface area contributed by atoms with Crippen LogP contribution >= 0.6 is 0 Å². The molecular formula is C17H16N6O. The summed E-state index contributed by atoms with van der Waals surface area (Å²) >= 11 is 0. The molecule has 120 valence electrons. The van der Waals surface area contributed by atoms with Gasteiger partial charge in [-0.1, -0.05) is 0 Å². The predicted octanol–water partition coefficient (Wildman–Crippen LogP) is 2.04. The molecule has 0 bridgehead atoms. The van der Waals surface area contributed by atoms with E-state index in [9.17, 15) is 0 Å². The maximum Gasteiger partial charge on any atom is 0.217 e. The molecule has 2 heterocycles. The van der Waals surface area contributed by atoms with Gasteiger partial charge in [0.25, 0.3) is 0 Å². The van der Waals surface area contributed by atoms with Crippen molar-refractivity contribution in [1.82, 2.24) is 19.7 Å². The second kappa shape index (κ2) is 6.89. The van der Waals surface area contributed by atoms with E-state index >= 15 is 0 Å². The van der Waals surface area contributed by atoms with Gasteiger partial charge in [0.2, 0.25) is 5.88 Å². The van der Waals surface area contributed by atoms with E-state index in [1.807, 2.05) is 0 Å². The Morgan fingerprint density at radius 1 is 1.25 bits per heavy atom. The number of aryl methyl sites for hydroxylation is 1. The van der Waals surface area contributed by atoms with Crippen LogP contribution in [0.5, 0.6) is 11.6 Å². The van der Waals surface area contributed by atoms with Gasteiger partial charge < -0.3 is 10.5 Å². The van der Waals surface area contributed by atoms with Crippen molar-refractivity contribution in [2.45, 2.75) is 6.42 Å². The summed E-state index contributed by atoms with van der Waals surface area (Å²) in [4.78, 5) is 8.77. The summed E-state index contributed by atoms with van der Waals surface area (Å²) in [6, 6.07) is 9.01. The highest BCUT2D eigenvalue weighted by atomic mass is 16.5. The molecule has 0 aliphatic rings. The van der Waals surface area contributed by atoms with E-state index in [0.717, 1.165) is 12.0 Å². The van der Waals surface area contributed by atoms with Gasteiger partial charge in [0, 0.05) is 25.5 Å². The molecular weight excluding hydrogens is 304 g/mol. The number of ether oxygens (including phenoxy) is 1. The van der Waals surface area contributed by atoms with Crippen molar-refractivity contribution in [3.8, 4) is 29.1 Å². The molecule has 3 rings (SSSR count). The number of nitrogens with zero attached hydrogens (tertiary/aromatic N) is 5. The Morgan fingerprint density at radius 3 is 2.67 bits per heavy atom. The number of benzene rings is 1. The van der Waals surface area contributed by atoms with Crippen LogP contribution in [0.3, 0.4) is 0 Å². The molecule has 2 aromatic heterocycles. The molecule has 7 nitrogen and oxygen atoms in total. The van der Waals surface area contributed by atoms with E-state index in [0.29, 0.717) is 35.1 Å². The molecule has 0 atom stereocenters. The lowest BCUT2D eigenvalue weighted by Crippen LogP contribution is -2.04. The molecule has 0 saturated heterocycles. The van der Waals surface area contributed by atoms with E-state index in [1.165, 1.54) is 0 Å². The van der Waals surface area contributed by atoms with Crippen molar-refractivity contribution >= 4 is 0 Å². The second-order valence-corrected chi connectivity index (χ2v) is 5.17. The van der Waals surface area contributed by atoms with Crippen molar-refractivity contribution in [2.75, 3.05) is 6.54 Å². The van der Waals surface area contributed by atoms with Crippen LogP contribution in [0.2, 0.25) is 0 Å². The third-order valence-corrected chi connectivity index (χ3v) is 3.48. The smallest absolute Gasteiger partial charge is 0.217 e. The van der Waals surface area contributed by atoms with Crippen LogP contribution in [0.25, 0.3) is 11.4 Å². The predicted molar refractivity (Wildman–Crippen MR) is 88.2 cm³/mol. The van der Waals surface area contributed by atoms with Gasteiger partial charge in [-0.25, -0.2) is 14.6 Å². The summed E-state index contributed by atoms with van der Waals surface area (Å²) in [7, 11) is 1.78. The van der Waals surface area contributed by atoms with Crippen LogP contribution in [0, 0.1) is 11.3 Å². The number of hydrogen-bond donors (Lipinski definition) is 1. The van der Waals surface area contributed by atoms with Gasteiger partial charge in [-0.3, -0.25) is 0 Å². The fourth-order valence-corrected chi connectivity index (χ4v) is 2.23. The highest BCUT2D eigenvalue weighted by molar-refractivity contribution is 5.66. The van der Waals surface area contributed by atoms with Gasteiger partial charge in [0.05, 0.1) is 23.4 Å². The Kier molecular flexibility index (Phi) is 4.50. The molecule has 0 saturated carbocycles. The summed E-state index contributed by atoms with van der Waals surface area (Å²) in [5, 5.41) is 13.2. The number of aromatic nitrogens is 4. The van der Waals surface area contributed by atoms with Crippen LogP contribution < -0.4 is 10.5 Å². The first-order chi connectivity index (χ1) is 11.7. The Hall–Kier alpha value is -3.24. The summed E-state index contributed by atoms with van der Waals surface area (Å²) in [5.74, 6) is 1.59. The first-order valence-electron chi connectivity index (χ1n) is 7.42. The van der Waals surface area contributed by atoms with Gasteiger partial charge in [-0.2, -0.15) is 10.4 Å². The third kappa shape index (κ3) is 3.24. The summed E-state index contributed by atoms with van der Waals surface area (Å²) in [6.07, 6.45) is 5.87. The van der Waals surface area contributed by atoms with Crippen molar-refractivity contribution in [3.05, 3.63) is 54.0 Å². The Morgan fingerprint density at radius 2 is 2.04 bits per heavy atom. The first-order valence-corrected chi connectivity index (χ1v) is 7.42. The van der Waals surface area contributed by atoms with E-state index in [1.54, 1.807) is 54.6 Å². The number of rotatable bonds is 5. The third-order valence-electron chi connectivity index (χ3n) is 3.48. The second-order valence-electron chi connectivity index (χ2n) is 5.17. The zero-order valence-corrected chi connectivity index (χ0v) is 13.2. The van der Waals surface area contributed by atoms with Crippen LogP contribution in [-0.2, 0) is 13.5 Å². The first kappa shape index (κ1) is 15.6. The molecule has 0 radical (unpaired) electrons. The van der Waals surface area contributed by atoms with Gasteiger partial charge in [0.1, 0.15) is 5.75 Å². The summed E-state index contributed by atoms with van der Waals surface area (Å²) < 4.78 is 7.51. The molecule has 0 spiro atoms. The van der Waals surface area contributed by atoms with Crippen molar-refractivity contribution in [1.29, 1.82) is 5.26 Å². The minimum absolute atomic E-state index is 0.496. The Labute approximate surface area is 139 Å². The normalized spacial score (nSPS) is 10.4. The van der Waals surface area contributed by atoms with Gasteiger partial charge >= 0.3 is 0 Å². The van der Waals surface area contributed by atoms with Gasteiger partial charge in [-0.15, -0.1) is 0 Å². The Balaban J connectivity index is 2.00. The maximum absolute atomic E-state index is 9.13. The van der Waals surface area contributed by atoms with Gasteiger partial charge in [0.15, 0.2) is 5.82 Å². The molecule has 7 heteroatoms. The van der Waals surface area contributed by atoms with Crippen LogP contribution in [0.1, 0.15) is 11.1 Å². The van der Waals surface area contributed by atoms with E-state index < -0.39 is 0 Å². The molecule has 2 N–H and O–H groups in total. The van der Waals surface area contributed by atoms with Crippen LogP contribution in [0.4, 0.5) is 0 Å². The average molecular weight is 320 g/mol. The molecule has 1 aromatic carbocycles. The minimum Gasteiger partial charge on any atom is -0.438 e. The number of hydrogen-bond acceptors (Lipinski definition) is 6. The SMILES string of the molecule is Cn1nccc1Oc1cc(C#N)ccc1-c1ncc(CCN)cn1. The van der Waals surface area contributed by atoms with Gasteiger partial charge in [-0.05, 0) is 36.7 Å². The van der Waals surface area contributed by atoms with Crippen molar-refractivity contribution < 1.29 is 4.74 Å². The zero-order chi connectivity index (χ0) is 16.9. The molecule has 3 aromatic rings. The van der Waals surface area contributed by atoms with E-state index in [-0.39, 0.29) is 0 Å². The largest absolute Gasteiger partial charge is 0.438 e. The van der Waals surface area contributed by atoms with Crippen LogP contribution in [0.15, 0.2) is 42.9 Å². The fraction of sp³-hybridized carbons (Fsp3) is 0.176. The summed E-state index contributed by atoms with van der Waals surface area (Å²) in [6.45, 7) is 0.550. The number of nitrogens with two attached hydrogens (primary N) is 1. The summed E-state index contributed by atoms with van der Waals surface area (Å²) in [5.41, 5.74) is 7.72. The van der Waals surface area contributed by atoms with Crippen molar-refractivity contribution in [3.63, 3.8) is 0 Å². The highest BCUT2D eigenvalue weighted by Crippen LogP contribution is 2.32. The standard InChI is InChI=1S/C17H16N6O/c1-23-16(5-7-22-23)24-15-8-12(9-19)2-3-14(15)17-20-10-13(4-6-18)11-21-17/h2-3,5,7-8,10-11H,4,6,18H2,1H3. The Bertz CT molecular complexity index is 879. The number of nitriles is 1. The minimum atomic E-state index is 0.496. The lowest BCUT2D eigenvalue weighted by Gasteiger charge is -2.11. The lowest BCUT2D eigenvalue weighted by atomic mass is 10.1. The molecule has 0 aliphatic carbocycles. The molecule has 0 fully saturated rings. The topological polar surface area (TPSA) is 103 Å². The highest BCUT2D eigenvalue weighted by Gasteiger charge is 2.13. The zero-order valence-electron chi connectivity index (χ0n) is 13.2. The average Bonchev–Trinajstić information content (AvgIpc) is 3.01.